The fraction of sp³-hybridized carbons (Fsp3) is 0.600. The van der Waals surface area contributed by atoms with Crippen molar-refractivity contribution in [3.8, 4) is 5.75 Å². The zero-order chi connectivity index (χ0) is 12.6. The number of methoxy groups -OCH3 is 1. The second-order valence-electron chi connectivity index (χ2n) is 4.81. The number of nitrogens with one attached hydrogen (secondary N) is 1. The molecule has 1 aliphatic rings. The molecule has 0 aliphatic heterocycles. The van der Waals surface area contributed by atoms with Gasteiger partial charge in [-0.3, -0.25) is 0 Å². The summed E-state index contributed by atoms with van der Waals surface area (Å²) in [5, 5.41) is 3.40. The molecule has 100 valence electrons. The van der Waals surface area contributed by atoms with Crippen molar-refractivity contribution in [3.63, 3.8) is 0 Å². The Morgan fingerprint density at radius 1 is 1.28 bits per heavy atom. The van der Waals surface area contributed by atoms with E-state index in [0.29, 0.717) is 6.10 Å². The van der Waals surface area contributed by atoms with Crippen molar-refractivity contribution in [2.75, 3.05) is 20.3 Å². The van der Waals surface area contributed by atoms with Gasteiger partial charge in [-0.15, -0.1) is 0 Å². The van der Waals surface area contributed by atoms with E-state index >= 15 is 0 Å². The minimum absolute atomic E-state index is 0.517. The molecule has 1 aromatic carbocycles. The molecule has 3 nitrogen and oxygen atoms in total. The van der Waals surface area contributed by atoms with Gasteiger partial charge in [0.25, 0.3) is 0 Å². The molecule has 0 atom stereocenters. The topological polar surface area (TPSA) is 30.5 Å². The first-order chi connectivity index (χ1) is 8.88. The molecule has 0 radical (unpaired) electrons. The van der Waals surface area contributed by atoms with Gasteiger partial charge < -0.3 is 14.8 Å². The maximum atomic E-state index is 5.80. The summed E-state index contributed by atoms with van der Waals surface area (Å²) < 4.78 is 11.0. The van der Waals surface area contributed by atoms with E-state index < -0.39 is 0 Å². The maximum absolute atomic E-state index is 5.80. The van der Waals surface area contributed by atoms with Crippen LogP contribution in [0.15, 0.2) is 24.3 Å². The summed E-state index contributed by atoms with van der Waals surface area (Å²) in [6.07, 6.45) is 5.68. The summed E-state index contributed by atoms with van der Waals surface area (Å²) in [7, 11) is 1.70. The summed E-state index contributed by atoms with van der Waals surface area (Å²) in [4.78, 5) is 0. The zero-order valence-corrected chi connectivity index (χ0v) is 11.2. The van der Waals surface area contributed by atoms with Crippen LogP contribution >= 0.6 is 0 Å². The summed E-state index contributed by atoms with van der Waals surface area (Å²) in [5.41, 5.74) is 1.25. The fourth-order valence-corrected chi connectivity index (χ4v) is 2.37. The molecule has 1 aromatic rings. The van der Waals surface area contributed by atoms with Crippen LogP contribution in [0.5, 0.6) is 5.75 Å². The minimum Gasteiger partial charge on any atom is -0.497 e. The Bertz CT molecular complexity index is 348. The van der Waals surface area contributed by atoms with Crippen molar-refractivity contribution in [1.29, 1.82) is 0 Å². The smallest absolute Gasteiger partial charge is 0.119 e. The number of rotatable bonds is 7. The highest BCUT2D eigenvalue weighted by Crippen LogP contribution is 2.20. The van der Waals surface area contributed by atoms with Gasteiger partial charge >= 0.3 is 0 Å². The molecule has 0 aromatic heterocycles. The minimum atomic E-state index is 0.517. The molecule has 0 amide bonds. The van der Waals surface area contributed by atoms with E-state index in [4.69, 9.17) is 9.47 Å². The average Bonchev–Trinajstić information content (AvgIpc) is 2.92. The predicted octanol–water partition coefficient (Wildman–Crippen LogP) is 2.74. The molecule has 0 spiro atoms. The van der Waals surface area contributed by atoms with Crippen LogP contribution in [-0.4, -0.2) is 26.4 Å². The van der Waals surface area contributed by atoms with Crippen LogP contribution in [0.2, 0.25) is 0 Å². The number of hydrogen-bond donors (Lipinski definition) is 1. The van der Waals surface area contributed by atoms with Gasteiger partial charge in [-0.05, 0) is 30.5 Å². The first-order valence-corrected chi connectivity index (χ1v) is 6.84. The highest BCUT2D eigenvalue weighted by Gasteiger charge is 2.14. The van der Waals surface area contributed by atoms with Gasteiger partial charge in [-0.2, -0.15) is 0 Å². The van der Waals surface area contributed by atoms with Gasteiger partial charge in [0.15, 0.2) is 0 Å². The van der Waals surface area contributed by atoms with Gasteiger partial charge in [0, 0.05) is 13.1 Å². The molecule has 1 fully saturated rings. The molecule has 0 heterocycles. The van der Waals surface area contributed by atoms with E-state index in [-0.39, 0.29) is 0 Å². The monoisotopic (exact) mass is 249 g/mol. The Kier molecular flexibility index (Phi) is 5.49. The lowest BCUT2D eigenvalue weighted by molar-refractivity contribution is 0.0603. The lowest BCUT2D eigenvalue weighted by Gasteiger charge is -2.11. The number of benzene rings is 1. The van der Waals surface area contributed by atoms with E-state index in [0.717, 1.165) is 25.4 Å². The second kappa shape index (κ2) is 7.39. The van der Waals surface area contributed by atoms with Crippen molar-refractivity contribution in [3.05, 3.63) is 29.8 Å². The molecule has 0 unspecified atom stereocenters. The Hall–Kier alpha value is -1.06. The van der Waals surface area contributed by atoms with Crippen LogP contribution in [0, 0.1) is 0 Å². The number of hydrogen-bond acceptors (Lipinski definition) is 3. The molecular formula is C15H23NO2. The largest absolute Gasteiger partial charge is 0.497 e. The third-order valence-corrected chi connectivity index (χ3v) is 3.40. The van der Waals surface area contributed by atoms with E-state index in [1.165, 1.54) is 31.2 Å². The van der Waals surface area contributed by atoms with Crippen LogP contribution in [0.4, 0.5) is 0 Å². The summed E-state index contributed by atoms with van der Waals surface area (Å²) in [5.74, 6) is 0.913. The van der Waals surface area contributed by atoms with Crippen LogP contribution < -0.4 is 10.1 Å². The van der Waals surface area contributed by atoms with E-state index in [1.807, 2.05) is 12.1 Å². The van der Waals surface area contributed by atoms with Gasteiger partial charge in [-0.1, -0.05) is 25.0 Å². The van der Waals surface area contributed by atoms with Crippen LogP contribution in [0.25, 0.3) is 0 Å². The Morgan fingerprint density at radius 3 is 2.89 bits per heavy atom. The fourth-order valence-electron chi connectivity index (χ4n) is 2.37. The molecular weight excluding hydrogens is 226 g/mol. The van der Waals surface area contributed by atoms with Gasteiger partial charge in [-0.25, -0.2) is 0 Å². The van der Waals surface area contributed by atoms with Gasteiger partial charge in [0.05, 0.1) is 19.8 Å². The summed E-state index contributed by atoms with van der Waals surface area (Å²) >= 11 is 0. The van der Waals surface area contributed by atoms with Crippen molar-refractivity contribution >= 4 is 0 Å². The zero-order valence-electron chi connectivity index (χ0n) is 11.2. The molecule has 1 N–H and O–H groups in total. The maximum Gasteiger partial charge on any atom is 0.119 e. The lowest BCUT2D eigenvalue weighted by atomic mass is 10.2. The quantitative estimate of drug-likeness (QED) is 0.754. The lowest BCUT2D eigenvalue weighted by Crippen LogP contribution is -2.21. The second-order valence-corrected chi connectivity index (χ2v) is 4.81. The molecule has 1 aliphatic carbocycles. The third kappa shape index (κ3) is 4.31. The normalized spacial score (nSPS) is 16.1. The molecule has 2 rings (SSSR count). The van der Waals surface area contributed by atoms with Crippen molar-refractivity contribution in [2.24, 2.45) is 0 Å². The van der Waals surface area contributed by atoms with Crippen LogP contribution in [0.3, 0.4) is 0 Å². The number of ether oxygens (including phenoxy) is 2. The first-order valence-electron chi connectivity index (χ1n) is 6.84. The van der Waals surface area contributed by atoms with Crippen LogP contribution in [0.1, 0.15) is 31.2 Å². The van der Waals surface area contributed by atoms with Gasteiger partial charge in [0.2, 0.25) is 0 Å². The molecule has 0 bridgehead atoms. The van der Waals surface area contributed by atoms with Gasteiger partial charge in [0.1, 0.15) is 5.75 Å². The average molecular weight is 249 g/mol. The Morgan fingerprint density at radius 2 is 2.11 bits per heavy atom. The van der Waals surface area contributed by atoms with E-state index in [9.17, 15) is 0 Å². The highest BCUT2D eigenvalue weighted by molar-refractivity contribution is 5.28. The van der Waals surface area contributed by atoms with Crippen molar-refractivity contribution in [2.45, 2.75) is 38.3 Å². The molecule has 18 heavy (non-hydrogen) atoms. The third-order valence-electron chi connectivity index (χ3n) is 3.40. The van der Waals surface area contributed by atoms with Crippen molar-refractivity contribution in [1.82, 2.24) is 5.32 Å². The SMILES string of the molecule is COc1cccc(CNCCOC2CCCC2)c1. The van der Waals surface area contributed by atoms with Crippen molar-refractivity contribution < 1.29 is 9.47 Å². The summed E-state index contributed by atoms with van der Waals surface area (Å²) in [6.45, 7) is 2.59. The standard InChI is InChI=1S/C15H23NO2/c1-17-15-8-4-5-13(11-15)12-16-9-10-18-14-6-2-3-7-14/h4-5,8,11,14,16H,2-3,6-7,9-10,12H2,1H3. The van der Waals surface area contributed by atoms with E-state index in [2.05, 4.69) is 17.4 Å². The van der Waals surface area contributed by atoms with E-state index in [1.54, 1.807) is 7.11 Å². The summed E-state index contributed by atoms with van der Waals surface area (Å²) in [6, 6.07) is 8.15. The highest BCUT2D eigenvalue weighted by atomic mass is 16.5. The first kappa shape index (κ1) is 13.4. The Labute approximate surface area is 109 Å². The molecule has 3 heteroatoms. The molecule has 0 saturated heterocycles. The molecule has 1 saturated carbocycles. The predicted molar refractivity (Wildman–Crippen MR) is 72.9 cm³/mol. The van der Waals surface area contributed by atoms with Crippen LogP contribution in [-0.2, 0) is 11.3 Å². The Balaban J connectivity index is 1.59.